The first-order valence-electron chi connectivity index (χ1n) is 7.86. The number of anilines is 2. The maximum absolute atomic E-state index is 9.96. The van der Waals surface area contributed by atoms with Crippen molar-refractivity contribution in [2.75, 3.05) is 30.9 Å². The van der Waals surface area contributed by atoms with Crippen molar-refractivity contribution in [2.24, 2.45) is 0 Å². The third-order valence-corrected chi connectivity index (χ3v) is 3.73. The molecule has 0 spiro atoms. The smallest absolute Gasteiger partial charge is 0.170 e. The summed E-state index contributed by atoms with van der Waals surface area (Å²) in [6.07, 6.45) is 3.13. The van der Waals surface area contributed by atoms with Crippen LogP contribution in [0.25, 0.3) is 11.0 Å². The van der Waals surface area contributed by atoms with Crippen molar-refractivity contribution < 1.29 is 9.84 Å². The fraction of sp³-hybridized carbons (Fsp3) is 0.562. The molecule has 0 amide bonds. The van der Waals surface area contributed by atoms with E-state index < -0.39 is 5.60 Å². The zero-order valence-electron chi connectivity index (χ0n) is 13.8. The van der Waals surface area contributed by atoms with Gasteiger partial charge in [0.25, 0.3) is 0 Å². The number of aromatic nitrogens is 3. The predicted octanol–water partition coefficient (Wildman–Crippen LogP) is 1.58. The van der Waals surface area contributed by atoms with Crippen LogP contribution in [0.5, 0.6) is 0 Å². The Kier molecular flexibility index (Phi) is 4.32. The van der Waals surface area contributed by atoms with Gasteiger partial charge in [-0.3, -0.25) is 4.98 Å². The van der Waals surface area contributed by atoms with E-state index in [2.05, 4.69) is 25.6 Å². The Hall–Kier alpha value is -1.99. The molecule has 124 valence electrons. The summed E-state index contributed by atoms with van der Waals surface area (Å²) in [4.78, 5) is 13.6. The second kappa shape index (κ2) is 6.25. The van der Waals surface area contributed by atoms with E-state index in [1.807, 2.05) is 13.1 Å². The molecular formula is C16H23N5O2. The first-order chi connectivity index (χ1) is 10.9. The summed E-state index contributed by atoms with van der Waals surface area (Å²) in [5, 5.41) is 16.4. The Balaban J connectivity index is 1.94. The van der Waals surface area contributed by atoms with Crippen molar-refractivity contribution in [1.82, 2.24) is 15.0 Å². The van der Waals surface area contributed by atoms with E-state index in [0.29, 0.717) is 18.8 Å². The first kappa shape index (κ1) is 15.9. The number of rotatable bonds is 5. The number of hydrogen-bond donors (Lipinski definition) is 3. The summed E-state index contributed by atoms with van der Waals surface area (Å²) in [5.74, 6) is 1.41. The number of nitrogens with zero attached hydrogens (tertiary/aromatic N) is 3. The van der Waals surface area contributed by atoms with Crippen LogP contribution in [0.3, 0.4) is 0 Å². The maximum Gasteiger partial charge on any atom is 0.170 e. The van der Waals surface area contributed by atoms with Crippen LogP contribution in [0.15, 0.2) is 12.3 Å². The quantitative estimate of drug-likeness (QED) is 0.771. The molecule has 3 heterocycles. The van der Waals surface area contributed by atoms with E-state index in [-0.39, 0.29) is 6.04 Å². The Morgan fingerprint density at radius 3 is 2.74 bits per heavy atom. The molecule has 1 aliphatic rings. The Bertz CT molecular complexity index is 693. The molecule has 1 aliphatic heterocycles. The first-order valence-corrected chi connectivity index (χ1v) is 7.86. The summed E-state index contributed by atoms with van der Waals surface area (Å²) in [5.41, 5.74) is 1.48. The van der Waals surface area contributed by atoms with Crippen LogP contribution in [0.1, 0.15) is 26.0 Å². The lowest BCUT2D eigenvalue weighted by Crippen LogP contribution is -2.22. The summed E-state index contributed by atoms with van der Waals surface area (Å²) in [6.45, 7) is 4.99. The van der Waals surface area contributed by atoms with Crippen LogP contribution in [0, 0.1) is 0 Å². The monoisotopic (exact) mass is 317 g/mol. The van der Waals surface area contributed by atoms with Gasteiger partial charge in [-0.15, -0.1) is 0 Å². The Morgan fingerprint density at radius 1 is 1.30 bits per heavy atom. The zero-order valence-corrected chi connectivity index (χ0v) is 13.8. The topological polar surface area (TPSA) is 92.2 Å². The Labute approximate surface area is 135 Å². The summed E-state index contributed by atoms with van der Waals surface area (Å²) < 4.78 is 5.40. The fourth-order valence-electron chi connectivity index (χ4n) is 2.66. The van der Waals surface area contributed by atoms with Gasteiger partial charge in [0.15, 0.2) is 11.6 Å². The summed E-state index contributed by atoms with van der Waals surface area (Å²) in [6, 6.07) is 2.14. The van der Waals surface area contributed by atoms with Gasteiger partial charge in [0.05, 0.1) is 30.0 Å². The second-order valence-electron chi connectivity index (χ2n) is 6.53. The number of ether oxygens (including phenoxy) is 1. The van der Waals surface area contributed by atoms with Crippen LogP contribution < -0.4 is 10.6 Å². The molecule has 1 fully saturated rings. The lowest BCUT2D eigenvalue weighted by atomic mass is 10.0. The highest BCUT2D eigenvalue weighted by atomic mass is 16.5. The third kappa shape index (κ3) is 3.86. The lowest BCUT2D eigenvalue weighted by molar-refractivity contribution is 0.0800. The van der Waals surface area contributed by atoms with E-state index in [0.717, 1.165) is 35.6 Å². The molecule has 7 nitrogen and oxygen atoms in total. The average molecular weight is 317 g/mol. The highest BCUT2D eigenvalue weighted by Gasteiger charge is 2.19. The van der Waals surface area contributed by atoms with Gasteiger partial charge in [-0.1, -0.05) is 0 Å². The van der Waals surface area contributed by atoms with Crippen molar-refractivity contribution >= 4 is 22.7 Å². The van der Waals surface area contributed by atoms with Crippen LogP contribution in [0.4, 0.5) is 11.6 Å². The SMILES string of the molecule is CNc1nc2cnc(CC(C)(C)O)cc2nc1NC1CCOC1. The minimum absolute atomic E-state index is 0.256. The van der Waals surface area contributed by atoms with Crippen LogP contribution in [-0.2, 0) is 11.2 Å². The van der Waals surface area contributed by atoms with Gasteiger partial charge in [-0.05, 0) is 26.3 Å². The molecule has 1 unspecified atom stereocenters. The predicted molar refractivity (Wildman–Crippen MR) is 89.7 cm³/mol. The van der Waals surface area contributed by atoms with E-state index in [4.69, 9.17) is 4.74 Å². The van der Waals surface area contributed by atoms with Crippen LogP contribution in [0.2, 0.25) is 0 Å². The molecule has 0 saturated carbocycles. The van der Waals surface area contributed by atoms with Crippen LogP contribution in [-0.4, -0.2) is 52.0 Å². The van der Waals surface area contributed by atoms with Gasteiger partial charge < -0.3 is 20.5 Å². The molecule has 0 bridgehead atoms. The van der Waals surface area contributed by atoms with Crippen molar-refractivity contribution in [1.29, 1.82) is 0 Å². The van der Waals surface area contributed by atoms with E-state index >= 15 is 0 Å². The van der Waals surface area contributed by atoms with Gasteiger partial charge >= 0.3 is 0 Å². The molecule has 2 aromatic heterocycles. The summed E-state index contributed by atoms with van der Waals surface area (Å²) in [7, 11) is 1.82. The molecular weight excluding hydrogens is 294 g/mol. The van der Waals surface area contributed by atoms with Gasteiger partial charge in [0, 0.05) is 25.8 Å². The lowest BCUT2D eigenvalue weighted by Gasteiger charge is -2.17. The number of nitrogens with one attached hydrogen (secondary N) is 2. The van der Waals surface area contributed by atoms with Gasteiger partial charge in [-0.25, -0.2) is 9.97 Å². The van der Waals surface area contributed by atoms with E-state index in [1.165, 1.54) is 0 Å². The van der Waals surface area contributed by atoms with Crippen molar-refractivity contribution in [2.45, 2.75) is 38.3 Å². The minimum Gasteiger partial charge on any atom is -0.390 e. The molecule has 1 atom stereocenters. The van der Waals surface area contributed by atoms with Crippen molar-refractivity contribution in [3.8, 4) is 0 Å². The highest BCUT2D eigenvalue weighted by molar-refractivity contribution is 5.79. The summed E-state index contributed by atoms with van der Waals surface area (Å²) >= 11 is 0. The zero-order chi connectivity index (χ0) is 16.4. The fourth-order valence-corrected chi connectivity index (χ4v) is 2.66. The normalized spacial score (nSPS) is 18.3. The molecule has 0 radical (unpaired) electrons. The molecule has 0 aromatic carbocycles. The number of aliphatic hydroxyl groups is 1. The largest absolute Gasteiger partial charge is 0.390 e. The molecule has 3 rings (SSSR count). The van der Waals surface area contributed by atoms with Crippen molar-refractivity contribution in [3.05, 3.63) is 18.0 Å². The molecule has 3 N–H and O–H groups in total. The number of fused-ring (bicyclic) bond motifs is 1. The molecule has 23 heavy (non-hydrogen) atoms. The second-order valence-corrected chi connectivity index (χ2v) is 6.53. The standard InChI is InChI=1S/C16H23N5O2/c1-16(2,22)7-11-6-12-13(8-18-11)21-14(17-3)15(20-12)19-10-4-5-23-9-10/h6,8,10,22H,4-5,7,9H2,1-3H3,(H,17,21)(H,19,20). The third-order valence-electron chi connectivity index (χ3n) is 3.73. The number of hydrogen-bond acceptors (Lipinski definition) is 7. The molecule has 0 aliphatic carbocycles. The van der Waals surface area contributed by atoms with Gasteiger partial charge in [0.1, 0.15) is 5.52 Å². The molecule has 1 saturated heterocycles. The molecule has 7 heteroatoms. The number of pyridine rings is 1. The average Bonchev–Trinajstić information content (AvgIpc) is 2.98. The van der Waals surface area contributed by atoms with Crippen LogP contribution >= 0.6 is 0 Å². The van der Waals surface area contributed by atoms with E-state index in [1.54, 1.807) is 20.0 Å². The maximum atomic E-state index is 9.96. The van der Waals surface area contributed by atoms with Crippen molar-refractivity contribution in [3.63, 3.8) is 0 Å². The van der Waals surface area contributed by atoms with Gasteiger partial charge in [-0.2, -0.15) is 0 Å². The highest BCUT2D eigenvalue weighted by Crippen LogP contribution is 2.24. The Morgan fingerprint density at radius 2 is 2.09 bits per heavy atom. The molecule has 2 aromatic rings. The van der Waals surface area contributed by atoms with Gasteiger partial charge in [0.2, 0.25) is 0 Å². The minimum atomic E-state index is -0.804. The van der Waals surface area contributed by atoms with E-state index in [9.17, 15) is 5.11 Å².